The number of nitrogens with zero attached hydrogens (tertiary/aromatic N) is 2. The topological polar surface area (TPSA) is 58.9 Å². The van der Waals surface area contributed by atoms with Crippen molar-refractivity contribution in [1.82, 2.24) is 20.4 Å². The number of amides is 1. The van der Waals surface area contributed by atoms with Gasteiger partial charge in [0.15, 0.2) is 0 Å². The monoisotopic (exact) mass is 282 g/mol. The van der Waals surface area contributed by atoms with Crippen LogP contribution in [0.5, 0.6) is 0 Å². The molecule has 0 bridgehead atoms. The molecule has 0 aromatic carbocycles. The van der Waals surface area contributed by atoms with Crippen LogP contribution in [0, 0.1) is 0 Å². The van der Waals surface area contributed by atoms with E-state index in [1.165, 1.54) is 0 Å². The second-order valence-corrected chi connectivity index (χ2v) is 3.30. The van der Waals surface area contributed by atoms with E-state index in [1.807, 2.05) is 0 Å². The molecule has 0 fully saturated rings. The number of nitrogens with one attached hydrogen (secondary N) is 2. The summed E-state index contributed by atoms with van der Waals surface area (Å²) in [4.78, 5) is 11.3. The van der Waals surface area contributed by atoms with E-state index in [-0.39, 0.29) is 30.7 Å². The molecule has 0 saturated heterocycles. The van der Waals surface area contributed by atoms with Crippen LogP contribution < -0.4 is 10.6 Å². The van der Waals surface area contributed by atoms with Gasteiger partial charge in [0.2, 0.25) is 5.91 Å². The van der Waals surface area contributed by atoms with Gasteiger partial charge in [0, 0.05) is 25.5 Å². The normalized spacial score (nSPS) is 9.00. The first-order valence-electron chi connectivity index (χ1n) is 5.27. The molecule has 0 aliphatic rings. The molecule has 0 aliphatic carbocycles. The second kappa shape index (κ2) is 11.7. The number of halogens is 2. The molecule has 0 saturated carbocycles. The summed E-state index contributed by atoms with van der Waals surface area (Å²) in [6.07, 6.45) is 4.55. The summed E-state index contributed by atoms with van der Waals surface area (Å²) in [5, 5.41) is 9.98. The van der Waals surface area contributed by atoms with Gasteiger partial charge in [0.05, 0.1) is 0 Å². The highest BCUT2D eigenvalue weighted by atomic mass is 35.5. The summed E-state index contributed by atoms with van der Waals surface area (Å²) < 4.78 is 1.61. The number of hydrogen-bond donors (Lipinski definition) is 2. The van der Waals surface area contributed by atoms with Gasteiger partial charge in [-0.1, -0.05) is 6.92 Å². The van der Waals surface area contributed by atoms with Crippen LogP contribution in [0.3, 0.4) is 0 Å². The molecule has 2 N–H and O–H groups in total. The number of carbonyl (C=O) groups excluding carboxylic acids is 1. The van der Waals surface area contributed by atoms with E-state index in [0.717, 1.165) is 19.5 Å². The smallest absolute Gasteiger partial charge is 0.241 e. The third kappa shape index (κ3) is 8.97. The molecule has 0 spiro atoms. The van der Waals surface area contributed by atoms with Gasteiger partial charge in [0.1, 0.15) is 6.54 Å². The maximum Gasteiger partial charge on any atom is 0.241 e. The minimum atomic E-state index is -0.00278. The molecular formula is C10H20Cl2N4O. The molecule has 1 rings (SSSR count). The highest BCUT2D eigenvalue weighted by Crippen LogP contribution is 1.83. The quantitative estimate of drug-likeness (QED) is 0.729. The van der Waals surface area contributed by atoms with E-state index in [1.54, 1.807) is 23.1 Å². The fourth-order valence-electron chi connectivity index (χ4n) is 1.19. The Kier molecular flexibility index (Phi) is 12.8. The first-order valence-corrected chi connectivity index (χ1v) is 5.27. The van der Waals surface area contributed by atoms with Gasteiger partial charge in [-0.2, -0.15) is 5.10 Å². The van der Waals surface area contributed by atoms with Crippen LogP contribution in [0.15, 0.2) is 18.5 Å². The number of hydrogen-bond acceptors (Lipinski definition) is 3. The van der Waals surface area contributed by atoms with Crippen LogP contribution in [-0.2, 0) is 11.3 Å². The number of rotatable bonds is 7. The summed E-state index contributed by atoms with van der Waals surface area (Å²) in [6.45, 7) is 4.89. The molecule has 100 valence electrons. The van der Waals surface area contributed by atoms with E-state index < -0.39 is 0 Å². The van der Waals surface area contributed by atoms with Crippen molar-refractivity contribution in [2.45, 2.75) is 19.9 Å². The van der Waals surface area contributed by atoms with Crippen LogP contribution in [0.1, 0.15) is 13.3 Å². The first kappa shape index (κ1) is 18.6. The summed E-state index contributed by atoms with van der Waals surface area (Å²) in [5.74, 6) is -0.00278. The van der Waals surface area contributed by atoms with Crippen LogP contribution >= 0.6 is 24.8 Å². The van der Waals surface area contributed by atoms with Crippen molar-refractivity contribution < 1.29 is 4.79 Å². The van der Waals surface area contributed by atoms with Crippen molar-refractivity contribution >= 4 is 30.7 Å². The Balaban J connectivity index is 0. The zero-order chi connectivity index (χ0) is 10.9. The number of aromatic nitrogens is 2. The molecule has 1 aromatic rings. The van der Waals surface area contributed by atoms with Crippen molar-refractivity contribution in [3.63, 3.8) is 0 Å². The molecule has 17 heavy (non-hydrogen) atoms. The summed E-state index contributed by atoms with van der Waals surface area (Å²) in [5.41, 5.74) is 0. The average Bonchev–Trinajstić information content (AvgIpc) is 2.70. The Hall–Kier alpha value is -0.780. The Morgan fingerprint density at radius 1 is 1.29 bits per heavy atom. The maximum atomic E-state index is 11.3. The Bertz CT molecular complexity index is 280. The third-order valence-corrected chi connectivity index (χ3v) is 1.92. The zero-order valence-corrected chi connectivity index (χ0v) is 11.5. The zero-order valence-electron chi connectivity index (χ0n) is 9.89. The van der Waals surface area contributed by atoms with Crippen molar-refractivity contribution in [3.8, 4) is 0 Å². The van der Waals surface area contributed by atoms with Gasteiger partial charge in [-0.05, 0) is 19.0 Å². The van der Waals surface area contributed by atoms with Crippen LogP contribution in [-0.4, -0.2) is 35.3 Å². The van der Waals surface area contributed by atoms with E-state index in [0.29, 0.717) is 13.1 Å². The number of carbonyl (C=O) groups is 1. The summed E-state index contributed by atoms with van der Waals surface area (Å²) in [6, 6.07) is 1.80. The van der Waals surface area contributed by atoms with Gasteiger partial charge in [-0.3, -0.25) is 9.48 Å². The van der Waals surface area contributed by atoms with Crippen molar-refractivity contribution in [1.29, 1.82) is 0 Å². The van der Waals surface area contributed by atoms with E-state index >= 15 is 0 Å². The van der Waals surface area contributed by atoms with Gasteiger partial charge in [-0.25, -0.2) is 0 Å². The minimum Gasteiger partial charge on any atom is -0.353 e. The predicted molar refractivity (Wildman–Crippen MR) is 72.9 cm³/mol. The summed E-state index contributed by atoms with van der Waals surface area (Å²) >= 11 is 0. The highest BCUT2D eigenvalue weighted by Gasteiger charge is 2.00. The van der Waals surface area contributed by atoms with Crippen molar-refractivity contribution in [3.05, 3.63) is 18.5 Å². The standard InChI is InChI=1S/C10H18N4O.2ClH/c1-2-4-11-6-7-12-10(15)9-14-8-3-5-13-14;;/h3,5,8,11H,2,4,6-7,9H2,1H3,(H,12,15);2*1H. The first-order chi connectivity index (χ1) is 7.33. The summed E-state index contributed by atoms with van der Waals surface area (Å²) in [7, 11) is 0. The molecular weight excluding hydrogens is 263 g/mol. The van der Waals surface area contributed by atoms with Gasteiger partial charge in [0.25, 0.3) is 0 Å². The van der Waals surface area contributed by atoms with Crippen molar-refractivity contribution in [2.24, 2.45) is 0 Å². The Morgan fingerprint density at radius 2 is 2.06 bits per heavy atom. The molecule has 5 nitrogen and oxygen atoms in total. The SMILES string of the molecule is CCCNCCNC(=O)Cn1cccn1.Cl.Cl. The molecule has 1 aromatic heterocycles. The van der Waals surface area contributed by atoms with Crippen LogP contribution in [0.2, 0.25) is 0 Å². The molecule has 0 unspecified atom stereocenters. The lowest BCUT2D eigenvalue weighted by molar-refractivity contribution is -0.121. The Morgan fingerprint density at radius 3 is 2.65 bits per heavy atom. The van der Waals surface area contributed by atoms with E-state index in [2.05, 4.69) is 22.7 Å². The highest BCUT2D eigenvalue weighted by molar-refractivity contribution is 5.85. The predicted octanol–water partition coefficient (Wildman–Crippen LogP) is 0.842. The molecule has 0 atom stereocenters. The van der Waals surface area contributed by atoms with E-state index in [9.17, 15) is 4.79 Å². The molecule has 1 amide bonds. The molecule has 1 heterocycles. The molecule has 0 aliphatic heterocycles. The van der Waals surface area contributed by atoms with Gasteiger partial charge < -0.3 is 10.6 Å². The fraction of sp³-hybridized carbons (Fsp3) is 0.600. The third-order valence-electron chi connectivity index (χ3n) is 1.92. The van der Waals surface area contributed by atoms with E-state index in [4.69, 9.17) is 0 Å². The second-order valence-electron chi connectivity index (χ2n) is 3.30. The lowest BCUT2D eigenvalue weighted by Crippen LogP contribution is -2.34. The Labute approximate surface area is 114 Å². The van der Waals surface area contributed by atoms with Crippen LogP contribution in [0.25, 0.3) is 0 Å². The van der Waals surface area contributed by atoms with Gasteiger partial charge in [-0.15, -0.1) is 24.8 Å². The largest absolute Gasteiger partial charge is 0.353 e. The molecule has 7 heteroatoms. The molecule has 0 radical (unpaired) electrons. The fourth-order valence-corrected chi connectivity index (χ4v) is 1.19. The van der Waals surface area contributed by atoms with Crippen LogP contribution in [0.4, 0.5) is 0 Å². The maximum absolute atomic E-state index is 11.3. The average molecular weight is 283 g/mol. The van der Waals surface area contributed by atoms with Crippen molar-refractivity contribution in [2.75, 3.05) is 19.6 Å². The lowest BCUT2D eigenvalue weighted by Gasteiger charge is -2.05. The lowest BCUT2D eigenvalue weighted by atomic mass is 10.4. The van der Waals surface area contributed by atoms with Gasteiger partial charge >= 0.3 is 0 Å². The minimum absolute atomic E-state index is 0.